The third-order valence-corrected chi connectivity index (χ3v) is 10.8. The number of rotatable bonds is 47. The van der Waals surface area contributed by atoms with E-state index in [0.717, 1.165) is 173 Å². The van der Waals surface area contributed by atoms with Crippen LogP contribution < -0.4 is 0 Å². The van der Waals surface area contributed by atoms with Gasteiger partial charge in [0.25, 0.3) is 0 Å². The number of carbonyl (C=O) groups is 3. The highest BCUT2D eigenvalue weighted by atomic mass is 16.6. The topological polar surface area (TPSA) is 78.9 Å². The average molecular weight is 951 g/mol. The van der Waals surface area contributed by atoms with Crippen LogP contribution in [0.15, 0.2) is 146 Å². The summed E-state index contributed by atoms with van der Waals surface area (Å²) < 4.78 is 16.8. The lowest BCUT2D eigenvalue weighted by Crippen LogP contribution is -2.30. The molecule has 0 saturated carbocycles. The molecule has 0 radical (unpaired) electrons. The van der Waals surface area contributed by atoms with Crippen molar-refractivity contribution in [3.63, 3.8) is 0 Å². The number of allylic oxidation sites excluding steroid dienone is 24. The Kier molecular flexibility index (Phi) is 52.1. The Balaban J connectivity index is 4.56. The molecule has 0 saturated heterocycles. The van der Waals surface area contributed by atoms with Gasteiger partial charge in [0.2, 0.25) is 0 Å². The molecule has 0 spiro atoms. The summed E-state index contributed by atoms with van der Waals surface area (Å²) in [5.74, 6) is -0.993. The fourth-order valence-corrected chi connectivity index (χ4v) is 6.83. The molecule has 386 valence electrons. The molecule has 0 amide bonds. The maximum absolute atomic E-state index is 12.8. The van der Waals surface area contributed by atoms with Crippen LogP contribution in [-0.4, -0.2) is 37.2 Å². The van der Waals surface area contributed by atoms with Crippen LogP contribution in [0.3, 0.4) is 0 Å². The van der Waals surface area contributed by atoms with Crippen LogP contribution in [0, 0.1) is 0 Å². The number of hydrogen-bond donors (Lipinski definition) is 0. The molecule has 0 rings (SSSR count). The zero-order chi connectivity index (χ0) is 50.0. The summed E-state index contributed by atoms with van der Waals surface area (Å²) in [5, 5.41) is 0. The van der Waals surface area contributed by atoms with E-state index in [1.807, 2.05) is 0 Å². The lowest BCUT2D eigenvalue weighted by Gasteiger charge is -2.18. The van der Waals surface area contributed by atoms with Crippen molar-refractivity contribution in [2.24, 2.45) is 0 Å². The van der Waals surface area contributed by atoms with Crippen LogP contribution in [-0.2, 0) is 28.6 Å². The number of carbonyl (C=O) groups excluding carboxylic acids is 3. The van der Waals surface area contributed by atoms with E-state index in [0.29, 0.717) is 12.8 Å². The molecule has 0 bridgehead atoms. The van der Waals surface area contributed by atoms with E-state index in [1.54, 1.807) is 0 Å². The molecule has 0 fully saturated rings. The van der Waals surface area contributed by atoms with E-state index in [4.69, 9.17) is 14.2 Å². The third-order valence-electron chi connectivity index (χ3n) is 10.8. The maximum Gasteiger partial charge on any atom is 0.306 e. The fourth-order valence-electron chi connectivity index (χ4n) is 6.83. The number of hydrogen-bond acceptors (Lipinski definition) is 6. The molecule has 0 aliphatic rings. The maximum atomic E-state index is 12.8. The van der Waals surface area contributed by atoms with Crippen molar-refractivity contribution in [3.8, 4) is 0 Å². The summed E-state index contributed by atoms with van der Waals surface area (Å²) in [7, 11) is 0. The summed E-state index contributed by atoms with van der Waals surface area (Å²) >= 11 is 0. The first-order valence-corrected chi connectivity index (χ1v) is 27.3. The molecule has 0 aliphatic carbocycles. The molecular weight excluding hydrogens is 853 g/mol. The standard InChI is InChI=1S/C63H98O6/c1-4-7-10-13-16-19-22-25-28-31-34-37-40-43-46-49-52-55-61(64)67-58-60(69-63(66)57-54-51-48-45-42-39-36-33-30-27-24-21-18-15-12-9-6-3)59-68-62(65)56-53-50-47-44-41-38-35-32-29-26-23-20-17-14-11-8-5-2/h7-12,16-21,25-30,34-39,60H,4-6,13-15,22-24,31-33,40-59H2,1-3H3/b10-7-,11-8-,12-9-,19-16-,20-17-,21-18-,28-25-,29-26-,30-27-,37-34-,38-35-,39-36-. The molecule has 0 N–H and O–H groups in total. The normalized spacial score (nSPS) is 12.9. The Morgan fingerprint density at radius 2 is 0.522 bits per heavy atom. The molecule has 6 nitrogen and oxygen atoms in total. The molecule has 0 atom stereocenters. The van der Waals surface area contributed by atoms with Gasteiger partial charge in [-0.3, -0.25) is 14.4 Å². The van der Waals surface area contributed by atoms with Crippen molar-refractivity contribution in [1.29, 1.82) is 0 Å². The molecule has 6 heteroatoms. The second-order valence-electron chi connectivity index (χ2n) is 17.3. The Bertz CT molecular complexity index is 1480. The van der Waals surface area contributed by atoms with Gasteiger partial charge in [0, 0.05) is 19.3 Å². The Hall–Kier alpha value is -4.71. The minimum absolute atomic E-state index is 0.115. The Morgan fingerprint density at radius 1 is 0.290 bits per heavy atom. The minimum Gasteiger partial charge on any atom is -0.462 e. The predicted molar refractivity (Wildman–Crippen MR) is 297 cm³/mol. The van der Waals surface area contributed by atoms with Gasteiger partial charge in [-0.2, -0.15) is 0 Å². The van der Waals surface area contributed by atoms with Crippen molar-refractivity contribution in [3.05, 3.63) is 146 Å². The highest BCUT2D eigenvalue weighted by Gasteiger charge is 2.19. The first-order valence-electron chi connectivity index (χ1n) is 27.3. The lowest BCUT2D eigenvalue weighted by molar-refractivity contribution is -0.167. The highest BCUT2D eigenvalue weighted by Crippen LogP contribution is 2.12. The lowest BCUT2D eigenvalue weighted by atomic mass is 10.1. The van der Waals surface area contributed by atoms with Gasteiger partial charge in [0.15, 0.2) is 6.10 Å². The first-order chi connectivity index (χ1) is 34.0. The van der Waals surface area contributed by atoms with Crippen LogP contribution >= 0.6 is 0 Å². The van der Waals surface area contributed by atoms with Gasteiger partial charge in [0.05, 0.1) is 0 Å². The van der Waals surface area contributed by atoms with Crippen LogP contribution in [0.1, 0.15) is 213 Å². The molecule has 69 heavy (non-hydrogen) atoms. The predicted octanol–water partition coefficient (Wildman–Crippen LogP) is 18.4. The van der Waals surface area contributed by atoms with Gasteiger partial charge in [-0.15, -0.1) is 0 Å². The van der Waals surface area contributed by atoms with Crippen molar-refractivity contribution >= 4 is 17.9 Å². The van der Waals surface area contributed by atoms with Crippen LogP contribution in [0.5, 0.6) is 0 Å². The minimum atomic E-state index is -0.819. The molecule has 0 unspecified atom stereocenters. The zero-order valence-electron chi connectivity index (χ0n) is 44.0. The van der Waals surface area contributed by atoms with Gasteiger partial charge in [0.1, 0.15) is 13.2 Å². The smallest absolute Gasteiger partial charge is 0.306 e. The molecule has 0 aromatic carbocycles. The van der Waals surface area contributed by atoms with E-state index in [2.05, 4.69) is 167 Å². The van der Waals surface area contributed by atoms with Crippen molar-refractivity contribution in [2.45, 2.75) is 219 Å². The van der Waals surface area contributed by atoms with Gasteiger partial charge in [-0.1, -0.05) is 205 Å². The monoisotopic (exact) mass is 951 g/mol. The molecule has 0 aromatic heterocycles. The van der Waals surface area contributed by atoms with Gasteiger partial charge in [-0.25, -0.2) is 0 Å². The van der Waals surface area contributed by atoms with E-state index in [1.165, 1.54) is 0 Å². The number of unbranched alkanes of at least 4 members (excludes halogenated alkanes) is 12. The molecule has 0 heterocycles. The first kappa shape index (κ1) is 64.3. The average Bonchev–Trinajstić information content (AvgIpc) is 3.35. The van der Waals surface area contributed by atoms with E-state index >= 15 is 0 Å². The van der Waals surface area contributed by atoms with Gasteiger partial charge < -0.3 is 14.2 Å². The number of esters is 3. The second-order valence-corrected chi connectivity index (χ2v) is 17.3. The number of ether oxygens (including phenoxy) is 3. The quantitative estimate of drug-likeness (QED) is 0.0262. The molecular formula is C63H98O6. The summed E-state index contributed by atoms with van der Waals surface area (Å²) in [6.07, 6.45) is 79.7. The van der Waals surface area contributed by atoms with Crippen molar-refractivity contribution in [1.82, 2.24) is 0 Å². The zero-order valence-corrected chi connectivity index (χ0v) is 44.0. The Labute approximate surface area is 423 Å². The summed E-state index contributed by atoms with van der Waals surface area (Å²) in [4.78, 5) is 38.1. The Morgan fingerprint density at radius 3 is 0.797 bits per heavy atom. The van der Waals surface area contributed by atoms with E-state index in [-0.39, 0.29) is 37.5 Å². The van der Waals surface area contributed by atoms with Crippen LogP contribution in [0.25, 0.3) is 0 Å². The van der Waals surface area contributed by atoms with Crippen molar-refractivity contribution in [2.75, 3.05) is 13.2 Å². The van der Waals surface area contributed by atoms with Crippen LogP contribution in [0.2, 0.25) is 0 Å². The van der Waals surface area contributed by atoms with Gasteiger partial charge >= 0.3 is 17.9 Å². The van der Waals surface area contributed by atoms with E-state index < -0.39 is 6.10 Å². The molecule has 0 aromatic rings. The summed E-state index contributed by atoms with van der Waals surface area (Å²) in [6, 6.07) is 0. The van der Waals surface area contributed by atoms with Crippen LogP contribution in [0.4, 0.5) is 0 Å². The van der Waals surface area contributed by atoms with Gasteiger partial charge in [-0.05, 0) is 135 Å². The van der Waals surface area contributed by atoms with E-state index in [9.17, 15) is 14.4 Å². The summed E-state index contributed by atoms with van der Waals surface area (Å²) in [6.45, 7) is 6.22. The SMILES string of the molecule is CC/C=C\C/C=C\C/C=C\C/C=C\CCCCCCC(=O)OCC(COC(=O)CCCCCC/C=C\C/C=C\C/C=C\C/C=C\CC)OC(=O)CCCCCC/C=C\C/C=C\C/C=C\C/C=C\CC. The second kappa shape index (κ2) is 55.9. The summed E-state index contributed by atoms with van der Waals surface area (Å²) in [5.41, 5.74) is 0. The molecule has 0 aliphatic heterocycles. The highest BCUT2D eigenvalue weighted by molar-refractivity contribution is 5.71. The fraction of sp³-hybridized carbons (Fsp3) is 0.571. The van der Waals surface area contributed by atoms with Crippen molar-refractivity contribution < 1.29 is 28.6 Å². The third kappa shape index (κ3) is 54.1. The largest absolute Gasteiger partial charge is 0.462 e.